The van der Waals surface area contributed by atoms with Crippen LogP contribution in [0, 0.1) is 3.57 Å². The second-order valence-corrected chi connectivity index (χ2v) is 7.29. The van der Waals surface area contributed by atoms with Crippen LogP contribution in [0.2, 0.25) is 4.34 Å². The highest BCUT2D eigenvalue weighted by atomic mass is 127. The third kappa shape index (κ3) is 2.75. The van der Waals surface area contributed by atoms with E-state index in [-0.39, 0.29) is 5.38 Å². The fourth-order valence-corrected chi connectivity index (χ4v) is 4.33. The Balaban J connectivity index is 2.39. The van der Waals surface area contributed by atoms with Gasteiger partial charge in [0.2, 0.25) is 0 Å². The minimum Gasteiger partial charge on any atom is -0.125 e. The third-order valence-electron chi connectivity index (χ3n) is 2.09. The zero-order chi connectivity index (χ0) is 11.7. The summed E-state index contributed by atoms with van der Waals surface area (Å²) in [5.41, 5.74) is 1.12. The predicted molar refractivity (Wildman–Crippen MR) is 83.9 cm³/mol. The third-order valence-corrected chi connectivity index (χ3v) is 6.21. The highest BCUT2D eigenvalue weighted by Gasteiger charge is 2.17. The summed E-state index contributed by atoms with van der Waals surface area (Å²) < 4.78 is 2.82. The van der Waals surface area contributed by atoms with Crippen LogP contribution in [-0.2, 0) is 0 Å². The molecule has 84 valence electrons. The molecule has 0 saturated carbocycles. The molecule has 2 rings (SSSR count). The summed E-state index contributed by atoms with van der Waals surface area (Å²) in [4.78, 5) is 1.06. The van der Waals surface area contributed by atoms with Gasteiger partial charge in [-0.1, -0.05) is 29.8 Å². The summed E-state index contributed by atoms with van der Waals surface area (Å²) in [6.45, 7) is 0. The van der Waals surface area contributed by atoms with Gasteiger partial charge in [0.1, 0.15) is 4.34 Å². The van der Waals surface area contributed by atoms with Gasteiger partial charge in [-0.25, -0.2) is 0 Å². The lowest BCUT2D eigenvalue weighted by molar-refractivity contribution is 1.17. The van der Waals surface area contributed by atoms with Crippen LogP contribution in [0.5, 0.6) is 0 Å². The van der Waals surface area contributed by atoms with Crippen molar-refractivity contribution in [1.82, 2.24) is 0 Å². The second-order valence-electron chi connectivity index (χ2n) is 3.15. The molecule has 0 aliphatic carbocycles. The van der Waals surface area contributed by atoms with Crippen LogP contribution in [0.25, 0.3) is 0 Å². The molecule has 0 nitrogen and oxygen atoms in total. The van der Waals surface area contributed by atoms with Gasteiger partial charge >= 0.3 is 0 Å². The first-order valence-corrected chi connectivity index (χ1v) is 7.93. The fraction of sp³-hybridized carbons (Fsp3) is 0.0909. The summed E-state index contributed by atoms with van der Waals surface area (Å²) in [5.74, 6) is 0. The van der Waals surface area contributed by atoms with Gasteiger partial charge in [0.15, 0.2) is 0 Å². The van der Waals surface area contributed by atoms with Gasteiger partial charge in [0.25, 0.3) is 0 Å². The Labute approximate surface area is 130 Å². The molecule has 16 heavy (non-hydrogen) atoms. The molecule has 0 radical (unpaired) electrons. The van der Waals surface area contributed by atoms with Gasteiger partial charge in [-0.3, -0.25) is 0 Å². The summed E-state index contributed by atoms with van der Waals surface area (Å²) in [6, 6.07) is 10.1. The van der Waals surface area contributed by atoms with E-state index in [0.717, 1.165) is 19.2 Å². The van der Waals surface area contributed by atoms with Gasteiger partial charge in [-0.05, 0) is 56.2 Å². The molecule has 1 heterocycles. The van der Waals surface area contributed by atoms with Crippen molar-refractivity contribution in [2.24, 2.45) is 0 Å². The standard InChI is InChI=1S/C11H6BrCl2IS/c12-7-5-9(16-11(7)14)10(13)6-3-1-2-4-8(6)15/h1-5,10H. The van der Waals surface area contributed by atoms with Crippen molar-refractivity contribution in [1.29, 1.82) is 0 Å². The highest BCUT2D eigenvalue weighted by molar-refractivity contribution is 14.1. The molecule has 0 aliphatic rings. The van der Waals surface area contributed by atoms with E-state index in [4.69, 9.17) is 23.2 Å². The average molecular weight is 448 g/mol. The average Bonchev–Trinajstić information content (AvgIpc) is 2.59. The number of thiophene rings is 1. The quantitative estimate of drug-likeness (QED) is 0.385. The minimum absolute atomic E-state index is 0.137. The predicted octanol–water partition coefficient (Wildman–Crippen LogP) is 6.10. The van der Waals surface area contributed by atoms with Crippen LogP contribution >= 0.6 is 73.1 Å². The molecule has 0 N–H and O–H groups in total. The van der Waals surface area contributed by atoms with Gasteiger partial charge in [0, 0.05) is 12.9 Å². The molecular formula is C11H6BrCl2IS. The normalized spacial score (nSPS) is 12.8. The van der Waals surface area contributed by atoms with Crippen LogP contribution in [0.1, 0.15) is 15.8 Å². The van der Waals surface area contributed by atoms with E-state index < -0.39 is 0 Å². The number of rotatable bonds is 2. The first-order chi connectivity index (χ1) is 7.59. The number of hydrogen-bond acceptors (Lipinski definition) is 1. The van der Waals surface area contributed by atoms with E-state index in [1.54, 1.807) is 0 Å². The van der Waals surface area contributed by atoms with Crippen molar-refractivity contribution < 1.29 is 0 Å². The van der Waals surface area contributed by atoms with Crippen molar-refractivity contribution in [2.45, 2.75) is 5.38 Å². The molecule has 1 aromatic carbocycles. The summed E-state index contributed by atoms with van der Waals surface area (Å²) in [5, 5.41) is -0.137. The van der Waals surface area contributed by atoms with E-state index in [0.29, 0.717) is 0 Å². The molecule has 0 aliphatic heterocycles. The minimum atomic E-state index is -0.137. The second kappa shape index (κ2) is 5.57. The van der Waals surface area contributed by atoms with Crippen LogP contribution in [0.4, 0.5) is 0 Å². The highest BCUT2D eigenvalue weighted by Crippen LogP contribution is 2.41. The zero-order valence-corrected chi connectivity index (χ0v) is 14.0. The van der Waals surface area contributed by atoms with Gasteiger partial charge < -0.3 is 0 Å². The van der Waals surface area contributed by atoms with Crippen LogP contribution in [0.3, 0.4) is 0 Å². The summed E-state index contributed by atoms with van der Waals surface area (Å²) in [7, 11) is 0. The molecule has 0 saturated heterocycles. The molecule has 0 bridgehead atoms. The Hall–Kier alpha value is 0.710. The Kier molecular flexibility index (Phi) is 4.58. The van der Waals surface area contributed by atoms with E-state index in [1.807, 2.05) is 24.3 Å². The topological polar surface area (TPSA) is 0 Å². The van der Waals surface area contributed by atoms with Crippen molar-refractivity contribution in [2.75, 3.05) is 0 Å². The first kappa shape index (κ1) is 13.1. The zero-order valence-electron chi connectivity index (χ0n) is 7.88. The van der Waals surface area contributed by atoms with Crippen molar-refractivity contribution >= 4 is 73.1 Å². The molecule has 1 atom stereocenters. The largest absolute Gasteiger partial charge is 0.125 e. The Morgan fingerprint density at radius 1 is 1.31 bits per heavy atom. The van der Waals surface area contributed by atoms with Crippen molar-refractivity contribution in [3.63, 3.8) is 0 Å². The molecule has 0 spiro atoms. The Morgan fingerprint density at radius 2 is 2.00 bits per heavy atom. The number of alkyl halides is 1. The smallest absolute Gasteiger partial charge is 0.107 e. The monoisotopic (exact) mass is 446 g/mol. The van der Waals surface area contributed by atoms with Gasteiger partial charge in [-0.15, -0.1) is 22.9 Å². The maximum Gasteiger partial charge on any atom is 0.107 e. The van der Waals surface area contributed by atoms with Gasteiger partial charge in [-0.2, -0.15) is 0 Å². The summed E-state index contributed by atoms with van der Waals surface area (Å²) >= 11 is 19.7. The van der Waals surface area contributed by atoms with Crippen LogP contribution in [-0.4, -0.2) is 0 Å². The molecule has 5 heteroatoms. The number of halogens is 4. The lowest BCUT2D eigenvalue weighted by atomic mass is 10.1. The molecule has 0 amide bonds. The SMILES string of the molecule is Clc1sc(C(Cl)c2ccccc2I)cc1Br. The first-order valence-electron chi connectivity index (χ1n) is 4.43. The molecule has 1 unspecified atom stereocenters. The van der Waals surface area contributed by atoms with Crippen LogP contribution in [0.15, 0.2) is 34.8 Å². The van der Waals surface area contributed by atoms with E-state index in [2.05, 4.69) is 44.6 Å². The van der Waals surface area contributed by atoms with E-state index >= 15 is 0 Å². The lowest BCUT2D eigenvalue weighted by Gasteiger charge is -2.09. The maximum atomic E-state index is 6.45. The Morgan fingerprint density at radius 3 is 2.56 bits per heavy atom. The number of benzene rings is 1. The van der Waals surface area contributed by atoms with Crippen molar-refractivity contribution in [3.8, 4) is 0 Å². The molecular weight excluding hydrogens is 442 g/mol. The lowest BCUT2D eigenvalue weighted by Crippen LogP contribution is -1.92. The van der Waals surface area contributed by atoms with Crippen LogP contribution < -0.4 is 0 Å². The summed E-state index contributed by atoms with van der Waals surface area (Å²) in [6.07, 6.45) is 0. The molecule has 1 aromatic heterocycles. The fourth-order valence-electron chi connectivity index (χ4n) is 1.32. The van der Waals surface area contributed by atoms with Crippen molar-refractivity contribution in [3.05, 3.63) is 53.2 Å². The van der Waals surface area contributed by atoms with E-state index in [1.165, 1.54) is 14.9 Å². The number of hydrogen-bond donors (Lipinski definition) is 0. The van der Waals surface area contributed by atoms with E-state index in [9.17, 15) is 0 Å². The Bertz CT molecular complexity index is 493. The van der Waals surface area contributed by atoms with Gasteiger partial charge in [0.05, 0.1) is 5.38 Å². The molecule has 2 aromatic rings. The molecule has 0 fully saturated rings. The maximum absolute atomic E-state index is 6.45.